The molecule has 0 atom stereocenters. The molecule has 5 nitrogen and oxygen atoms in total. The zero-order chi connectivity index (χ0) is 18.4. The number of nitrogens with zero attached hydrogens (tertiary/aromatic N) is 2. The van der Waals surface area contributed by atoms with Gasteiger partial charge in [-0.25, -0.2) is 9.78 Å². The Morgan fingerprint density at radius 2 is 1.73 bits per heavy atom. The highest BCUT2D eigenvalue weighted by Crippen LogP contribution is 2.40. The van der Waals surface area contributed by atoms with Crippen LogP contribution in [0.3, 0.4) is 0 Å². The van der Waals surface area contributed by atoms with Crippen molar-refractivity contribution < 1.29 is 8.94 Å². The molecule has 0 saturated carbocycles. The van der Waals surface area contributed by atoms with E-state index in [1.54, 1.807) is 37.3 Å². The molecule has 26 heavy (non-hydrogen) atoms. The number of rotatable bonds is 2. The summed E-state index contributed by atoms with van der Waals surface area (Å²) in [4.78, 5) is 16.9. The molecule has 0 aliphatic heterocycles. The molecule has 4 aromatic rings. The van der Waals surface area contributed by atoms with Crippen LogP contribution in [0, 0.1) is 13.8 Å². The summed E-state index contributed by atoms with van der Waals surface area (Å²) in [7, 11) is 0. The van der Waals surface area contributed by atoms with Crippen molar-refractivity contribution >= 4 is 34.1 Å². The summed E-state index contributed by atoms with van der Waals surface area (Å²) in [6.45, 7) is 3.60. The Morgan fingerprint density at radius 1 is 1.00 bits per heavy atom. The van der Waals surface area contributed by atoms with Gasteiger partial charge in [0.1, 0.15) is 17.0 Å². The van der Waals surface area contributed by atoms with Crippen molar-refractivity contribution in [3.8, 4) is 22.7 Å². The Labute approximate surface area is 158 Å². The molecular formula is C19H12Cl2N2O3. The Bertz CT molecular complexity index is 1190. The fourth-order valence-electron chi connectivity index (χ4n) is 2.81. The van der Waals surface area contributed by atoms with Crippen molar-refractivity contribution in [1.82, 2.24) is 10.1 Å². The lowest BCUT2D eigenvalue weighted by Crippen LogP contribution is -2.04. The lowest BCUT2D eigenvalue weighted by Gasteiger charge is -2.06. The van der Waals surface area contributed by atoms with Gasteiger partial charge >= 0.3 is 5.63 Å². The lowest BCUT2D eigenvalue weighted by atomic mass is 10.1. The van der Waals surface area contributed by atoms with E-state index < -0.39 is 5.63 Å². The molecule has 0 aliphatic rings. The molecule has 0 bridgehead atoms. The molecule has 0 unspecified atom stereocenters. The third-order valence-electron chi connectivity index (χ3n) is 4.06. The first-order valence-electron chi connectivity index (χ1n) is 7.78. The van der Waals surface area contributed by atoms with E-state index in [0.29, 0.717) is 43.5 Å². The van der Waals surface area contributed by atoms with Crippen LogP contribution in [0.1, 0.15) is 11.3 Å². The predicted molar refractivity (Wildman–Crippen MR) is 101 cm³/mol. The Morgan fingerprint density at radius 3 is 2.46 bits per heavy atom. The molecule has 0 spiro atoms. The molecule has 0 saturated heterocycles. The number of halogens is 2. The third kappa shape index (κ3) is 2.69. The van der Waals surface area contributed by atoms with Crippen LogP contribution in [0.5, 0.6) is 0 Å². The van der Waals surface area contributed by atoms with Crippen molar-refractivity contribution in [2.45, 2.75) is 13.8 Å². The van der Waals surface area contributed by atoms with Crippen LogP contribution in [0.15, 0.2) is 50.1 Å². The maximum Gasteiger partial charge on any atom is 0.347 e. The van der Waals surface area contributed by atoms with Gasteiger partial charge in [-0.2, -0.15) is 0 Å². The van der Waals surface area contributed by atoms with Crippen molar-refractivity contribution in [3.63, 3.8) is 0 Å². The monoisotopic (exact) mass is 386 g/mol. The van der Waals surface area contributed by atoms with E-state index in [2.05, 4.69) is 10.1 Å². The maximum atomic E-state index is 12.4. The topological polar surface area (TPSA) is 69.1 Å². The van der Waals surface area contributed by atoms with E-state index >= 15 is 0 Å². The summed E-state index contributed by atoms with van der Waals surface area (Å²) in [5.74, 6) is 0.550. The molecule has 0 amide bonds. The van der Waals surface area contributed by atoms with Crippen molar-refractivity contribution in [2.24, 2.45) is 0 Å². The van der Waals surface area contributed by atoms with Gasteiger partial charge in [-0.05, 0) is 38.1 Å². The van der Waals surface area contributed by atoms with Crippen LogP contribution < -0.4 is 5.63 Å². The first-order chi connectivity index (χ1) is 12.5. The van der Waals surface area contributed by atoms with Crippen LogP contribution in [-0.2, 0) is 0 Å². The van der Waals surface area contributed by atoms with E-state index in [0.717, 1.165) is 5.56 Å². The summed E-state index contributed by atoms with van der Waals surface area (Å²) >= 11 is 12.6. The largest absolute Gasteiger partial charge is 0.403 e. The SMILES string of the molecule is Cc1ccc2nc(-c3c(-c4c(Cl)cccc4Cl)noc3C)oc(=O)c2c1. The van der Waals surface area contributed by atoms with Gasteiger partial charge in [0.05, 0.1) is 20.9 Å². The highest BCUT2D eigenvalue weighted by atomic mass is 35.5. The number of aromatic nitrogens is 2. The summed E-state index contributed by atoms with van der Waals surface area (Å²) in [5.41, 5.74) is 2.31. The van der Waals surface area contributed by atoms with E-state index in [9.17, 15) is 4.79 Å². The smallest absolute Gasteiger partial charge is 0.347 e. The minimum absolute atomic E-state index is 0.107. The second kappa shape index (κ2) is 6.27. The van der Waals surface area contributed by atoms with Gasteiger partial charge in [-0.3, -0.25) is 0 Å². The maximum absolute atomic E-state index is 12.4. The van der Waals surface area contributed by atoms with Crippen molar-refractivity contribution in [1.29, 1.82) is 0 Å². The molecule has 0 N–H and O–H groups in total. The zero-order valence-corrected chi connectivity index (χ0v) is 15.4. The van der Waals surface area contributed by atoms with Crippen molar-refractivity contribution in [2.75, 3.05) is 0 Å². The van der Waals surface area contributed by atoms with E-state index in [4.69, 9.17) is 32.1 Å². The van der Waals surface area contributed by atoms with Gasteiger partial charge in [0.2, 0.25) is 5.89 Å². The van der Waals surface area contributed by atoms with Crippen LogP contribution in [0.25, 0.3) is 33.6 Å². The fraction of sp³-hybridized carbons (Fsp3) is 0.105. The highest BCUT2D eigenvalue weighted by molar-refractivity contribution is 6.39. The van der Waals surface area contributed by atoms with Gasteiger partial charge < -0.3 is 8.94 Å². The van der Waals surface area contributed by atoms with Gasteiger partial charge in [0, 0.05) is 5.56 Å². The standard InChI is InChI=1S/C19H12Cl2N2O3/c1-9-6-7-14-11(8-9)19(24)25-18(22-14)15-10(2)26-23-17(15)16-12(20)4-3-5-13(16)21/h3-8H,1-2H3. The first-order valence-corrected chi connectivity index (χ1v) is 8.54. The minimum Gasteiger partial charge on any atom is -0.403 e. The summed E-state index contributed by atoms with van der Waals surface area (Å²) in [5, 5.41) is 5.30. The van der Waals surface area contributed by atoms with Crippen LogP contribution in [0.4, 0.5) is 0 Å². The first kappa shape index (κ1) is 16.8. The lowest BCUT2D eigenvalue weighted by molar-refractivity contribution is 0.399. The molecule has 2 aromatic heterocycles. The average Bonchev–Trinajstić information content (AvgIpc) is 2.96. The number of fused-ring (bicyclic) bond motifs is 1. The van der Waals surface area contributed by atoms with Gasteiger partial charge in [-0.1, -0.05) is 46.1 Å². The van der Waals surface area contributed by atoms with E-state index in [1.807, 2.05) is 13.0 Å². The molecular weight excluding hydrogens is 375 g/mol. The number of hydrogen-bond donors (Lipinski definition) is 0. The number of hydrogen-bond acceptors (Lipinski definition) is 5. The molecule has 0 radical (unpaired) electrons. The molecule has 4 rings (SSSR count). The normalized spacial score (nSPS) is 11.2. The molecule has 2 heterocycles. The minimum atomic E-state index is -0.481. The third-order valence-corrected chi connectivity index (χ3v) is 4.69. The summed E-state index contributed by atoms with van der Waals surface area (Å²) < 4.78 is 10.8. The fourth-order valence-corrected chi connectivity index (χ4v) is 3.39. The quantitative estimate of drug-likeness (QED) is 0.459. The Hall–Kier alpha value is -2.63. The van der Waals surface area contributed by atoms with Crippen molar-refractivity contribution in [3.05, 3.63) is 68.2 Å². The number of aryl methyl sites for hydroxylation is 2. The number of benzene rings is 2. The van der Waals surface area contributed by atoms with Crippen LogP contribution >= 0.6 is 23.2 Å². The molecule has 130 valence electrons. The summed E-state index contributed by atoms with van der Waals surface area (Å²) in [6, 6.07) is 10.5. The van der Waals surface area contributed by atoms with E-state index in [-0.39, 0.29) is 5.89 Å². The molecule has 7 heteroatoms. The highest BCUT2D eigenvalue weighted by Gasteiger charge is 2.24. The molecule has 0 aliphatic carbocycles. The Balaban J connectivity index is 2.01. The van der Waals surface area contributed by atoms with Crippen LogP contribution in [0.2, 0.25) is 10.0 Å². The van der Waals surface area contributed by atoms with Gasteiger partial charge in [0.15, 0.2) is 0 Å². The second-order valence-electron chi connectivity index (χ2n) is 5.89. The molecule has 2 aromatic carbocycles. The summed E-state index contributed by atoms with van der Waals surface area (Å²) in [6.07, 6.45) is 0. The molecule has 0 fully saturated rings. The Kier molecular flexibility index (Phi) is 4.05. The van der Waals surface area contributed by atoms with Gasteiger partial charge in [-0.15, -0.1) is 0 Å². The predicted octanol–water partition coefficient (Wildman–Crippen LogP) is 5.43. The second-order valence-corrected chi connectivity index (χ2v) is 6.70. The zero-order valence-electron chi connectivity index (χ0n) is 13.8. The van der Waals surface area contributed by atoms with E-state index in [1.165, 1.54) is 0 Å². The average molecular weight is 387 g/mol. The van der Waals surface area contributed by atoms with Crippen LogP contribution in [-0.4, -0.2) is 10.1 Å². The van der Waals surface area contributed by atoms with Gasteiger partial charge in [0.25, 0.3) is 0 Å².